The molecule has 168 valence electrons. The highest BCUT2D eigenvalue weighted by Crippen LogP contribution is 2.23. The third kappa shape index (κ3) is 5.59. The summed E-state index contributed by atoms with van der Waals surface area (Å²) in [7, 11) is 0. The molecule has 4 rings (SSSR count). The molecule has 3 aromatic rings. The molecular formula is C24H28N4O4. The summed E-state index contributed by atoms with van der Waals surface area (Å²) in [5.74, 6) is -0.978. The Balaban J connectivity index is 1.53. The zero-order valence-corrected chi connectivity index (χ0v) is 18.3. The Morgan fingerprint density at radius 2 is 1.78 bits per heavy atom. The fourth-order valence-electron chi connectivity index (χ4n) is 3.69. The Morgan fingerprint density at radius 3 is 2.53 bits per heavy atom. The molecule has 1 aliphatic rings. The standard InChI is InChI=1S/C24H28N4O4/c1-24(2)31-14-13-30-22(17-28-20(15-26-27-28)18-9-5-3-6-10-18)21(32-24)16-25-23(29)19-11-7-4-8-12-19/h3-12,15,21-22H,13-14,16-17H2,1-2H3,(H,25,29)/t21-,22+/m0/s1. The predicted octanol–water partition coefficient (Wildman–Crippen LogP) is 2.91. The Hall–Kier alpha value is -3.07. The van der Waals surface area contributed by atoms with Gasteiger partial charge < -0.3 is 19.5 Å². The Morgan fingerprint density at radius 1 is 1.06 bits per heavy atom. The van der Waals surface area contributed by atoms with Crippen molar-refractivity contribution in [3.63, 3.8) is 0 Å². The van der Waals surface area contributed by atoms with Crippen LogP contribution >= 0.6 is 0 Å². The quantitative estimate of drug-likeness (QED) is 0.639. The number of carbonyl (C=O) groups is 1. The first-order valence-electron chi connectivity index (χ1n) is 10.7. The molecule has 0 radical (unpaired) electrons. The fraction of sp³-hybridized carbons (Fsp3) is 0.375. The van der Waals surface area contributed by atoms with Crippen molar-refractivity contribution >= 4 is 5.91 Å². The molecule has 1 fully saturated rings. The molecule has 1 saturated heterocycles. The van der Waals surface area contributed by atoms with E-state index in [1.54, 1.807) is 18.3 Å². The Kier molecular flexibility index (Phi) is 6.94. The van der Waals surface area contributed by atoms with Crippen molar-refractivity contribution in [1.29, 1.82) is 0 Å². The van der Waals surface area contributed by atoms with Gasteiger partial charge in [0, 0.05) is 17.7 Å². The summed E-state index contributed by atoms with van der Waals surface area (Å²) < 4.78 is 19.9. The largest absolute Gasteiger partial charge is 0.371 e. The highest BCUT2D eigenvalue weighted by atomic mass is 16.7. The lowest BCUT2D eigenvalue weighted by molar-refractivity contribution is -0.279. The number of amides is 1. The zero-order valence-electron chi connectivity index (χ0n) is 18.3. The van der Waals surface area contributed by atoms with Crippen LogP contribution in [0.5, 0.6) is 0 Å². The summed E-state index contributed by atoms with van der Waals surface area (Å²) in [5.41, 5.74) is 2.50. The van der Waals surface area contributed by atoms with Crippen molar-refractivity contribution in [3.05, 3.63) is 72.4 Å². The van der Waals surface area contributed by atoms with Gasteiger partial charge in [-0.3, -0.25) is 4.79 Å². The number of hydrogen-bond donors (Lipinski definition) is 1. The van der Waals surface area contributed by atoms with Crippen LogP contribution in [0.4, 0.5) is 0 Å². The normalized spacial score (nSPS) is 20.8. The van der Waals surface area contributed by atoms with E-state index in [1.807, 2.05) is 67.1 Å². The van der Waals surface area contributed by atoms with E-state index in [9.17, 15) is 4.79 Å². The van der Waals surface area contributed by atoms with Crippen LogP contribution in [-0.4, -0.2) is 58.7 Å². The van der Waals surface area contributed by atoms with Gasteiger partial charge in [0.2, 0.25) is 0 Å². The van der Waals surface area contributed by atoms with E-state index in [-0.39, 0.29) is 18.6 Å². The van der Waals surface area contributed by atoms with Crippen LogP contribution in [0.1, 0.15) is 24.2 Å². The molecule has 2 aromatic carbocycles. The van der Waals surface area contributed by atoms with E-state index < -0.39 is 11.9 Å². The van der Waals surface area contributed by atoms with E-state index >= 15 is 0 Å². The van der Waals surface area contributed by atoms with E-state index in [0.29, 0.717) is 25.3 Å². The lowest BCUT2D eigenvalue weighted by atomic mass is 10.1. The average Bonchev–Trinajstić information content (AvgIpc) is 3.27. The third-order valence-corrected chi connectivity index (χ3v) is 5.25. The molecule has 1 N–H and O–H groups in total. The lowest BCUT2D eigenvalue weighted by Gasteiger charge is -2.37. The lowest BCUT2D eigenvalue weighted by Crippen LogP contribution is -2.50. The van der Waals surface area contributed by atoms with Gasteiger partial charge in [0.25, 0.3) is 5.91 Å². The van der Waals surface area contributed by atoms with Crippen molar-refractivity contribution in [2.45, 2.75) is 38.4 Å². The molecule has 0 aliphatic carbocycles. The molecule has 2 heterocycles. The topological polar surface area (TPSA) is 87.5 Å². The first-order valence-corrected chi connectivity index (χ1v) is 10.7. The van der Waals surface area contributed by atoms with Crippen LogP contribution in [0, 0.1) is 0 Å². The molecule has 0 bridgehead atoms. The van der Waals surface area contributed by atoms with Gasteiger partial charge in [-0.1, -0.05) is 53.7 Å². The van der Waals surface area contributed by atoms with Crippen LogP contribution in [0.15, 0.2) is 66.9 Å². The number of benzene rings is 2. The Labute approximate surface area is 187 Å². The van der Waals surface area contributed by atoms with Gasteiger partial charge in [0.15, 0.2) is 5.79 Å². The van der Waals surface area contributed by atoms with Gasteiger partial charge in [-0.05, 0) is 26.0 Å². The maximum atomic E-state index is 12.6. The number of ether oxygens (including phenoxy) is 3. The minimum atomic E-state index is -0.811. The number of carbonyl (C=O) groups excluding carboxylic acids is 1. The highest BCUT2D eigenvalue weighted by molar-refractivity contribution is 5.94. The van der Waals surface area contributed by atoms with Gasteiger partial charge in [0.05, 0.1) is 31.6 Å². The molecule has 0 unspecified atom stereocenters. The smallest absolute Gasteiger partial charge is 0.251 e. The van der Waals surface area contributed by atoms with Crippen LogP contribution in [0.2, 0.25) is 0 Å². The number of aromatic nitrogens is 3. The molecular weight excluding hydrogens is 408 g/mol. The SMILES string of the molecule is CC1(C)OCCO[C@H](Cn2nncc2-c2ccccc2)[C@H](CNC(=O)c2ccccc2)O1. The Bertz CT molecular complexity index is 1010. The van der Waals surface area contributed by atoms with Crippen molar-refractivity contribution in [2.75, 3.05) is 19.8 Å². The molecule has 0 saturated carbocycles. The highest BCUT2D eigenvalue weighted by Gasteiger charge is 2.34. The molecule has 8 nitrogen and oxygen atoms in total. The first kappa shape index (κ1) is 22.1. The summed E-state index contributed by atoms with van der Waals surface area (Å²) in [6, 6.07) is 19.0. The number of nitrogens with one attached hydrogen (secondary N) is 1. The van der Waals surface area contributed by atoms with E-state index in [0.717, 1.165) is 11.3 Å². The van der Waals surface area contributed by atoms with Gasteiger partial charge in [-0.2, -0.15) is 0 Å². The van der Waals surface area contributed by atoms with E-state index in [4.69, 9.17) is 14.2 Å². The van der Waals surface area contributed by atoms with Crippen LogP contribution in [0.25, 0.3) is 11.3 Å². The summed E-state index contributed by atoms with van der Waals surface area (Å²) in [6.45, 7) is 5.25. The molecule has 32 heavy (non-hydrogen) atoms. The average molecular weight is 437 g/mol. The van der Waals surface area contributed by atoms with Gasteiger partial charge in [-0.25, -0.2) is 4.68 Å². The van der Waals surface area contributed by atoms with Crippen molar-refractivity contribution in [3.8, 4) is 11.3 Å². The molecule has 2 atom stereocenters. The number of rotatable bonds is 6. The molecule has 1 aromatic heterocycles. The zero-order chi connectivity index (χ0) is 22.4. The molecule has 8 heteroatoms. The van der Waals surface area contributed by atoms with Crippen molar-refractivity contribution in [2.24, 2.45) is 0 Å². The summed E-state index contributed by atoms with van der Waals surface area (Å²) >= 11 is 0. The monoisotopic (exact) mass is 436 g/mol. The summed E-state index contributed by atoms with van der Waals surface area (Å²) in [4.78, 5) is 12.6. The fourth-order valence-corrected chi connectivity index (χ4v) is 3.69. The molecule has 0 spiro atoms. The van der Waals surface area contributed by atoms with E-state index in [1.165, 1.54) is 0 Å². The van der Waals surface area contributed by atoms with Gasteiger partial charge >= 0.3 is 0 Å². The molecule has 1 amide bonds. The second kappa shape index (κ2) is 10.0. The second-order valence-electron chi connectivity index (χ2n) is 8.06. The first-order chi connectivity index (χ1) is 15.5. The number of hydrogen-bond acceptors (Lipinski definition) is 6. The van der Waals surface area contributed by atoms with Crippen molar-refractivity contribution < 1.29 is 19.0 Å². The van der Waals surface area contributed by atoms with Crippen LogP contribution in [-0.2, 0) is 20.8 Å². The minimum absolute atomic E-state index is 0.167. The van der Waals surface area contributed by atoms with Crippen LogP contribution in [0.3, 0.4) is 0 Å². The summed E-state index contributed by atoms with van der Waals surface area (Å²) in [5, 5.41) is 11.3. The third-order valence-electron chi connectivity index (χ3n) is 5.25. The van der Waals surface area contributed by atoms with E-state index in [2.05, 4.69) is 15.6 Å². The predicted molar refractivity (Wildman–Crippen MR) is 119 cm³/mol. The number of nitrogens with zero attached hydrogens (tertiary/aromatic N) is 3. The minimum Gasteiger partial charge on any atom is -0.371 e. The van der Waals surface area contributed by atoms with Gasteiger partial charge in [-0.15, -0.1) is 5.10 Å². The second-order valence-corrected chi connectivity index (χ2v) is 8.06. The maximum absolute atomic E-state index is 12.6. The molecule has 1 aliphatic heterocycles. The van der Waals surface area contributed by atoms with Crippen LogP contribution < -0.4 is 5.32 Å². The summed E-state index contributed by atoms with van der Waals surface area (Å²) in [6.07, 6.45) is 0.919. The maximum Gasteiger partial charge on any atom is 0.251 e. The van der Waals surface area contributed by atoms with Gasteiger partial charge in [0.1, 0.15) is 12.2 Å². The van der Waals surface area contributed by atoms with Crippen molar-refractivity contribution in [1.82, 2.24) is 20.3 Å².